The second kappa shape index (κ2) is 6.99. The zero-order valence-electron chi connectivity index (χ0n) is 14.3. The Morgan fingerprint density at radius 3 is 2.69 bits per heavy atom. The van der Waals surface area contributed by atoms with Gasteiger partial charge in [0.05, 0.1) is 23.4 Å². The summed E-state index contributed by atoms with van der Waals surface area (Å²) in [7, 11) is 0. The van der Waals surface area contributed by atoms with Crippen LogP contribution in [0, 0.1) is 23.3 Å². The van der Waals surface area contributed by atoms with E-state index in [0.717, 1.165) is 34.4 Å². The predicted molar refractivity (Wildman–Crippen MR) is 93.8 cm³/mol. The van der Waals surface area contributed by atoms with Gasteiger partial charge in [0.15, 0.2) is 23.6 Å². The van der Waals surface area contributed by atoms with Crippen LogP contribution >= 0.6 is 11.3 Å². The molecule has 0 saturated carbocycles. The molecule has 6 nitrogen and oxygen atoms in total. The molecular weight excluding hydrogens is 416 g/mol. The highest BCUT2D eigenvalue weighted by molar-refractivity contribution is 7.18. The fraction of sp³-hybridized carbons (Fsp3) is 0.167. The van der Waals surface area contributed by atoms with Crippen LogP contribution < -0.4 is 9.64 Å². The Bertz CT molecular complexity index is 1170. The summed E-state index contributed by atoms with van der Waals surface area (Å²) in [6.45, 7) is -0.295. The number of anilines is 1. The highest BCUT2D eigenvalue weighted by atomic mass is 32.1. The Hall–Kier alpha value is -3.21. The Balaban J connectivity index is 1.75. The zero-order valence-corrected chi connectivity index (χ0v) is 15.1. The van der Waals surface area contributed by atoms with Gasteiger partial charge in [0.25, 0.3) is 5.91 Å². The van der Waals surface area contributed by atoms with Crippen molar-refractivity contribution in [2.75, 3.05) is 4.90 Å². The number of rotatable bonds is 4. The van der Waals surface area contributed by atoms with Crippen LogP contribution in [-0.2, 0) is 16.1 Å². The van der Waals surface area contributed by atoms with Gasteiger partial charge in [-0.15, -0.1) is 11.3 Å². The number of thiazole rings is 1. The van der Waals surface area contributed by atoms with Crippen LogP contribution in [-0.4, -0.2) is 28.1 Å². The van der Waals surface area contributed by atoms with Gasteiger partial charge >= 0.3 is 5.97 Å². The van der Waals surface area contributed by atoms with Gasteiger partial charge in [-0.25, -0.2) is 22.5 Å². The number of ether oxygens (including phenoxy) is 1. The predicted octanol–water partition coefficient (Wildman–Crippen LogP) is 3.62. The molecule has 0 saturated heterocycles. The number of carboxylic acids is 1. The number of hydrogen-bond donors (Lipinski definition) is 1. The lowest BCUT2D eigenvalue weighted by Crippen LogP contribution is -2.46. The third-order valence-electron chi connectivity index (χ3n) is 4.24. The number of halogens is 4. The number of fused-ring (bicyclic) bond motifs is 2. The quantitative estimate of drug-likeness (QED) is 0.509. The first-order valence-corrected chi connectivity index (χ1v) is 8.98. The van der Waals surface area contributed by atoms with E-state index in [0.29, 0.717) is 0 Å². The highest BCUT2D eigenvalue weighted by Gasteiger charge is 2.36. The van der Waals surface area contributed by atoms with Crippen molar-refractivity contribution in [3.63, 3.8) is 0 Å². The second-order valence-corrected chi connectivity index (χ2v) is 7.30. The summed E-state index contributed by atoms with van der Waals surface area (Å²) in [6, 6.07) is 4.15. The van der Waals surface area contributed by atoms with Crippen LogP contribution in [0.15, 0.2) is 24.3 Å². The minimum absolute atomic E-state index is 0.0265. The van der Waals surface area contributed by atoms with Gasteiger partial charge in [0, 0.05) is 6.07 Å². The number of aliphatic carboxylic acids is 1. The fourth-order valence-corrected chi connectivity index (χ4v) is 3.95. The molecule has 1 aromatic heterocycles. The number of hydrogen-bond acceptors (Lipinski definition) is 5. The number of carboxylic acid groups (broad SMARTS) is 1. The number of nitrogens with zero attached hydrogens (tertiary/aromatic N) is 2. The summed E-state index contributed by atoms with van der Waals surface area (Å²) < 4.78 is 59.9. The molecule has 0 aliphatic carbocycles. The molecule has 150 valence electrons. The Kier molecular flexibility index (Phi) is 4.61. The number of benzene rings is 2. The molecule has 1 N–H and O–H groups in total. The Labute approximate surface area is 164 Å². The minimum atomic E-state index is -1.66. The molecule has 0 radical (unpaired) electrons. The summed E-state index contributed by atoms with van der Waals surface area (Å²) in [5, 5.41) is 9.11. The maximum absolute atomic E-state index is 13.9. The van der Waals surface area contributed by atoms with E-state index in [1.165, 1.54) is 6.07 Å². The molecule has 0 fully saturated rings. The van der Waals surface area contributed by atoms with E-state index in [1.54, 1.807) is 0 Å². The number of aromatic nitrogens is 1. The van der Waals surface area contributed by atoms with Gasteiger partial charge in [-0.05, 0) is 18.2 Å². The van der Waals surface area contributed by atoms with Crippen molar-refractivity contribution < 1.29 is 37.0 Å². The SMILES string of the molecule is O=C(O)CC1Oc2ccc(F)cc2N(Cc2nc3c(F)c(F)c(F)cc3s2)C1=O. The molecule has 3 aromatic rings. The average Bonchev–Trinajstić information content (AvgIpc) is 3.06. The smallest absolute Gasteiger partial charge is 0.307 e. The van der Waals surface area contributed by atoms with Gasteiger partial charge < -0.3 is 9.84 Å². The third-order valence-corrected chi connectivity index (χ3v) is 5.23. The molecule has 1 amide bonds. The lowest BCUT2D eigenvalue weighted by Gasteiger charge is -2.33. The topological polar surface area (TPSA) is 79.7 Å². The summed E-state index contributed by atoms with van der Waals surface area (Å²) in [5.74, 6) is -7.11. The number of amides is 1. The van der Waals surface area contributed by atoms with Crippen molar-refractivity contribution in [1.82, 2.24) is 4.98 Å². The summed E-state index contributed by atoms with van der Waals surface area (Å²) >= 11 is 0.821. The van der Waals surface area contributed by atoms with Gasteiger partial charge in [-0.2, -0.15) is 0 Å². The first kappa shape index (κ1) is 19.1. The molecule has 1 aliphatic rings. The van der Waals surface area contributed by atoms with Crippen molar-refractivity contribution in [1.29, 1.82) is 0 Å². The van der Waals surface area contributed by atoms with E-state index in [9.17, 15) is 27.2 Å². The van der Waals surface area contributed by atoms with Gasteiger partial charge in [-0.1, -0.05) is 0 Å². The highest BCUT2D eigenvalue weighted by Crippen LogP contribution is 2.37. The third kappa shape index (κ3) is 3.37. The van der Waals surface area contributed by atoms with Crippen molar-refractivity contribution in [2.24, 2.45) is 0 Å². The molecule has 0 spiro atoms. The van der Waals surface area contributed by atoms with E-state index < -0.39 is 53.2 Å². The van der Waals surface area contributed by atoms with Crippen molar-refractivity contribution in [3.05, 3.63) is 52.5 Å². The van der Waals surface area contributed by atoms with Crippen LogP contribution in [0.4, 0.5) is 23.2 Å². The van der Waals surface area contributed by atoms with Crippen LogP contribution in [0.25, 0.3) is 10.2 Å². The summed E-state index contributed by atoms with van der Waals surface area (Å²) in [5.41, 5.74) is -0.361. The van der Waals surface area contributed by atoms with E-state index in [4.69, 9.17) is 9.84 Å². The van der Waals surface area contributed by atoms with Gasteiger partial charge in [-0.3, -0.25) is 14.5 Å². The van der Waals surface area contributed by atoms with Gasteiger partial charge in [0.2, 0.25) is 0 Å². The fourth-order valence-electron chi connectivity index (χ4n) is 2.97. The Morgan fingerprint density at radius 1 is 1.21 bits per heavy atom. The van der Waals surface area contributed by atoms with E-state index in [2.05, 4.69) is 4.98 Å². The normalized spacial score (nSPS) is 16.1. The number of carbonyl (C=O) groups excluding carboxylic acids is 1. The summed E-state index contributed by atoms with van der Waals surface area (Å²) in [6.07, 6.45) is -1.98. The molecule has 1 atom stereocenters. The maximum atomic E-state index is 13.9. The molecule has 2 aromatic carbocycles. The molecule has 2 heterocycles. The Morgan fingerprint density at radius 2 is 1.97 bits per heavy atom. The molecular formula is C18H10F4N2O4S. The standard InChI is InChI=1S/C18H10F4N2O4S/c19-7-1-2-10-9(3-7)24(18(27)11(28-10)5-14(25)26)6-13-23-17-12(29-13)4-8(20)15(21)16(17)22/h1-4,11H,5-6H2,(H,25,26). The van der Waals surface area contributed by atoms with E-state index >= 15 is 0 Å². The molecule has 11 heteroatoms. The minimum Gasteiger partial charge on any atom is -0.481 e. The lowest BCUT2D eigenvalue weighted by molar-refractivity contribution is -0.142. The van der Waals surface area contributed by atoms with Crippen molar-refractivity contribution in [3.8, 4) is 5.75 Å². The molecule has 29 heavy (non-hydrogen) atoms. The molecule has 1 aliphatic heterocycles. The van der Waals surface area contributed by atoms with E-state index in [-0.39, 0.29) is 27.7 Å². The monoisotopic (exact) mass is 426 g/mol. The van der Waals surface area contributed by atoms with Crippen molar-refractivity contribution >= 4 is 39.1 Å². The lowest BCUT2D eigenvalue weighted by atomic mass is 10.1. The first-order chi connectivity index (χ1) is 13.7. The maximum Gasteiger partial charge on any atom is 0.307 e. The van der Waals surface area contributed by atoms with Crippen LogP contribution in [0.2, 0.25) is 0 Å². The largest absolute Gasteiger partial charge is 0.481 e. The first-order valence-electron chi connectivity index (χ1n) is 8.17. The molecule has 0 bridgehead atoms. The summed E-state index contributed by atoms with van der Waals surface area (Å²) in [4.78, 5) is 28.7. The van der Waals surface area contributed by atoms with Gasteiger partial charge in [0.1, 0.15) is 22.1 Å². The van der Waals surface area contributed by atoms with E-state index in [1.807, 2.05) is 0 Å². The second-order valence-electron chi connectivity index (χ2n) is 6.18. The number of carbonyl (C=O) groups is 2. The van der Waals surface area contributed by atoms with Crippen LogP contribution in [0.5, 0.6) is 5.75 Å². The van der Waals surface area contributed by atoms with Crippen molar-refractivity contribution in [2.45, 2.75) is 19.1 Å². The van der Waals surface area contributed by atoms with Crippen LogP contribution in [0.1, 0.15) is 11.4 Å². The molecule has 4 rings (SSSR count). The van der Waals surface area contributed by atoms with Crippen LogP contribution in [0.3, 0.4) is 0 Å². The zero-order chi connectivity index (χ0) is 20.9. The average molecular weight is 426 g/mol. The molecule has 1 unspecified atom stereocenters.